The third-order valence-electron chi connectivity index (χ3n) is 2.39. The molecule has 0 unspecified atom stereocenters. The standard InChI is InChI=1S/C15H24N2O5/c1-8(2)20-7-11-16-12(14(18)21-9(3)4)13(17-11)15(19)22-10(5)6/h8-10H,7H2,1-6H3,(H,16,17). The van der Waals surface area contributed by atoms with E-state index in [1.54, 1.807) is 27.7 Å². The fourth-order valence-corrected chi connectivity index (χ4v) is 1.57. The normalized spacial score (nSPS) is 11.3. The van der Waals surface area contributed by atoms with E-state index in [-0.39, 0.29) is 36.3 Å². The number of aromatic amines is 1. The van der Waals surface area contributed by atoms with E-state index in [2.05, 4.69) is 9.97 Å². The smallest absolute Gasteiger partial charge is 0.359 e. The Labute approximate surface area is 130 Å². The summed E-state index contributed by atoms with van der Waals surface area (Å²) in [7, 11) is 0. The van der Waals surface area contributed by atoms with Crippen molar-refractivity contribution in [2.75, 3.05) is 0 Å². The summed E-state index contributed by atoms with van der Waals surface area (Å²) in [5, 5.41) is 0. The molecule has 7 heteroatoms. The highest BCUT2D eigenvalue weighted by atomic mass is 16.5. The van der Waals surface area contributed by atoms with Crippen LogP contribution in [0.4, 0.5) is 0 Å². The topological polar surface area (TPSA) is 90.5 Å². The predicted molar refractivity (Wildman–Crippen MR) is 79.6 cm³/mol. The molecule has 0 saturated carbocycles. The van der Waals surface area contributed by atoms with Crippen molar-refractivity contribution in [2.24, 2.45) is 0 Å². The summed E-state index contributed by atoms with van der Waals surface area (Å²) in [5.74, 6) is -0.938. The second kappa shape index (κ2) is 7.93. The number of carbonyl (C=O) groups excluding carboxylic acids is 2. The van der Waals surface area contributed by atoms with Crippen LogP contribution in [-0.2, 0) is 20.8 Å². The van der Waals surface area contributed by atoms with Crippen LogP contribution in [0.5, 0.6) is 0 Å². The summed E-state index contributed by atoms with van der Waals surface area (Å²) in [6.07, 6.45) is -0.615. The predicted octanol–water partition coefficient (Wildman–Crippen LogP) is 2.47. The molecule has 1 aromatic heterocycles. The first-order valence-electron chi connectivity index (χ1n) is 7.33. The zero-order valence-electron chi connectivity index (χ0n) is 13.9. The molecule has 0 fully saturated rings. The van der Waals surface area contributed by atoms with Gasteiger partial charge in [0.05, 0.1) is 18.3 Å². The summed E-state index contributed by atoms with van der Waals surface area (Å²) < 4.78 is 15.6. The van der Waals surface area contributed by atoms with Gasteiger partial charge in [-0.1, -0.05) is 0 Å². The van der Waals surface area contributed by atoms with Crippen LogP contribution < -0.4 is 0 Å². The number of carbonyl (C=O) groups is 2. The Hall–Kier alpha value is -1.89. The van der Waals surface area contributed by atoms with Gasteiger partial charge >= 0.3 is 11.9 Å². The molecule has 1 heterocycles. The summed E-state index contributed by atoms with van der Waals surface area (Å²) in [5.41, 5.74) is -0.0941. The molecular formula is C15H24N2O5. The lowest BCUT2D eigenvalue weighted by Crippen LogP contribution is -2.18. The first-order valence-corrected chi connectivity index (χ1v) is 7.33. The van der Waals surface area contributed by atoms with E-state index in [0.29, 0.717) is 5.82 Å². The zero-order chi connectivity index (χ0) is 16.9. The minimum atomic E-state index is -0.669. The van der Waals surface area contributed by atoms with E-state index in [4.69, 9.17) is 14.2 Å². The molecule has 0 amide bonds. The molecule has 0 bridgehead atoms. The third kappa shape index (κ3) is 5.48. The highest BCUT2D eigenvalue weighted by Crippen LogP contribution is 2.13. The maximum absolute atomic E-state index is 12.1. The first kappa shape index (κ1) is 18.2. The average molecular weight is 312 g/mol. The number of rotatable bonds is 7. The van der Waals surface area contributed by atoms with Gasteiger partial charge in [-0.2, -0.15) is 0 Å². The second-order valence-corrected chi connectivity index (χ2v) is 5.67. The van der Waals surface area contributed by atoms with E-state index in [1.807, 2.05) is 13.8 Å². The molecule has 1 aromatic rings. The van der Waals surface area contributed by atoms with Gasteiger partial charge in [-0.05, 0) is 41.5 Å². The zero-order valence-corrected chi connectivity index (χ0v) is 13.9. The highest BCUT2D eigenvalue weighted by molar-refractivity contribution is 6.00. The molecule has 22 heavy (non-hydrogen) atoms. The van der Waals surface area contributed by atoms with Crippen molar-refractivity contribution in [2.45, 2.75) is 66.5 Å². The summed E-state index contributed by atoms with van der Waals surface area (Å²) in [4.78, 5) is 31.0. The van der Waals surface area contributed by atoms with Crippen molar-refractivity contribution in [1.29, 1.82) is 0 Å². The highest BCUT2D eigenvalue weighted by Gasteiger charge is 2.26. The SMILES string of the molecule is CC(C)OCc1nc(C(=O)OC(C)C)c(C(=O)OC(C)C)[nH]1. The van der Waals surface area contributed by atoms with E-state index in [0.717, 1.165) is 0 Å². The number of H-pyrrole nitrogens is 1. The Kier molecular flexibility index (Phi) is 6.55. The second-order valence-electron chi connectivity index (χ2n) is 5.67. The minimum Gasteiger partial charge on any atom is -0.458 e. The fourth-order valence-electron chi connectivity index (χ4n) is 1.57. The number of nitrogens with zero attached hydrogens (tertiary/aromatic N) is 1. The Balaban J connectivity index is 3.04. The van der Waals surface area contributed by atoms with Crippen LogP contribution in [0.15, 0.2) is 0 Å². The lowest BCUT2D eigenvalue weighted by Gasteiger charge is -2.09. The largest absolute Gasteiger partial charge is 0.458 e. The average Bonchev–Trinajstić information content (AvgIpc) is 2.79. The molecule has 7 nitrogen and oxygen atoms in total. The minimum absolute atomic E-state index is 0.00207. The van der Waals surface area contributed by atoms with Gasteiger partial charge in [0.2, 0.25) is 0 Å². The molecule has 0 radical (unpaired) electrons. The lowest BCUT2D eigenvalue weighted by molar-refractivity contribution is 0.0320. The van der Waals surface area contributed by atoms with Crippen LogP contribution >= 0.6 is 0 Å². The third-order valence-corrected chi connectivity index (χ3v) is 2.39. The molecule has 0 aliphatic carbocycles. The van der Waals surface area contributed by atoms with Crippen molar-refractivity contribution >= 4 is 11.9 Å². The Bertz CT molecular complexity index is 481. The Morgan fingerprint density at radius 2 is 1.50 bits per heavy atom. The maximum atomic E-state index is 12.1. The molecule has 0 aliphatic rings. The van der Waals surface area contributed by atoms with E-state index in [9.17, 15) is 9.59 Å². The number of hydrogen-bond acceptors (Lipinski definition) is 6. The van der Waals surface area contributed by atoms with Crippen LogP contribution in [0, 0.1) is 0 Å². The van der Waals surface area contributed by atoms with E-state index >= 15 is 0 Å². The quantitative estimate of drug-likeness (QED) is 0.778. The first-order chi connectivity index (χ1) is 10.2. The molecule has 0 aromatic carbocycles. The van der Waals surface area contributed by atoms with Crippen LogP contribution in [0.1, 0.15) is 68.3 Å². The fraction of sp³-hybridized carbons (Fsp3) is 0.667. The lowest BCUT2D eigenvalue weighted by atomic mass is 10.3. The summed E-state index contributed by atoms with van der Waals surface area (Å²) >= 11 is 0. The monoisotopic (exact) mass is 312 g/mol. The molecular weight excluding hydrogens is 288 g/mol. The van der Waals surface area contributed by atoms with Gasteiger partial charge < -0.3 is 19.2 Å². The van der Waals surface area contributed by atoms with Gasteiger partial charge in [-0.15, -0.1) is 0 Å². The van der Waals surface area contributed by atoms with Gasteiger partial charge in [0.1, 0.15) is 12.4 Å². The molecule has 1 N–H and O–H groups in total. The summed E-state index contributed by atoms with van der Waals surface area (Å²) in [6, 6.07) is 0. The number of ether oxygens (including phenoxy) is 3. The van der Waals surface area contributed by atoms with Gasteiger partial charge in [0.25, 0.3) is 0 Å². The van der Waals surface area contributed by atoms with Gasteiger partial charge in [0, 0.05) is 0 Å². The van der Waals surface area contributed by atoms with E-state index < -0.39 is 11.9 Å². The number of nitrogens with one attached hydrogen (secondary N) is 1. The van der Waals surface area contributed by atoms with Crippen molar-refractivity contribution in [3.63, 3.8) is 0 Å². The Morgan fingerprint density at radius 1 is 0.955 bits per heavy atom. The molecule has 124 valence electrons. The molecule has 0 saturated heterocycles. The van der Waals surface area contributed by atoms with Gasteiger partial charge in [-0.3, -0.25) is 0 Å². The number of hydrogen-bond donors (Lipinski definition) is 1. The molecule has 0 atom stereocenters. The van der Waals surface area contributed by atoms with Crippen molar-refractivity contribution in [1.82, 2.24) is 9.97 Å². The van der Waals surface area contributed by atoms with Gasteiger partial charge in [-0.25, -0.2) is 14.6 Å². The van der Waals surface area contributed by atoms with Crippen molar-refractivity contribution in [3.8, 4) is 0 Å². The summed E-state index contributed by atoms with van der Waals surface area (Å²) in [6.45, 7) is 10.8. The van der Waals surface area contributed by atoms with Gasteiger partial charge in [0.15, 0.2) is 11.4 Å². The number of imidazole rings is 1. The molecule has 0 aliphatic heterocycles. The van der Waals surface area contributed by atoms with Crippen LogP contribution in [0.3, 0.4) is 0 Å². The maximum Gasteiger partial charge on any atom is 0.359 e. The van der Waals surface area contributed by atoms with Crippen molar-refractivity contribution < 1.29 is 23.8 Å². The van der Waals surface area contributed by atoms with E-state index in [1.165, 1.54) is 0 Å². The number of aromatic nitrogens is 2. The Morgan fingerprint density at radius 3 is 2.00 bits per heavy atom. The van der Waals surface area contributed by atoms with Crippen molar-refractivity contribution in [3.05, 3.63) is 17.2 Å². The van der Waals surface area contributed by atoms with Crippen LogP contribution in [0.25, 0.3) is 0 Å². The molecule has 0 spiro atoms. The number of esters is 2. The van der Waals surface area contributed by atoms with Crippen LogP contribution in [-0.4, -0.2) is 40.2 Å². The van der Waals surface area contributed by atoms with Crippen LogP contribution in [0.2, 0.25) is 0 Å². The molecule has 1 rings (SSSR count).